The third kappa shape index (κ3) is 3.53. The van der Waals surface area contributed by atoms with Gasteiger partial charge in [-0.1, -0.05) is 12.1 Å². The van der Waals surface area contributed by atoms with Crippen molar-refractivity contribution in [3.05, 3.63) is 53.6 Å². The molecule has 0 aliphatic carbocycles. The molecule has 2 heterocycles. The first-order valence-electron chi connectivity index (χ1n) is 8.13. The van der Waals surface area contributed by atoms with E-state index in [2.05, 4.69) is 14.5 Å². The number of ketones is 1. The van der Waals surface area contributed by atoms with Crippen LogP contribution in [0.2, 0.25) is 0 Å². The van der Waals surface area contributed by atoms with E-state index in [1.807, 2.05) is 44.2 Å². The Morgan fingerprint density at radius 2 is 2.00 bits per heavy atom. The third-order valence-electron chi connectivity index (χ3n) is 4.24. The first-order valence-corrected chi connectivity index (χ1v) is 8.13. The van der Waals surface area contributed by atoms with Crippen LogP contribution in [0.15, 0.2) is 36.7 Å². The molecule has 1 aromatic carbocycles. The van der Waals surface area contributed by atoms with Crippen LogP contribution < -0.4 is 4.74 Å². The number of rotatable bonds is 7. The maximum Gasteiger partial charge on any atom is 0.224 e. The number of hydrogen-bond acceptors (Lipinski definition) is 5. The number of carbonyl (C=O) groups is 1. The van der Waals surface area contributed by atoms with Crippen LogP contribution in [0.1, 0.15) is 21.7 Å². The van der Waals surface area contributed by atoms with E-state index in [9.17, 15) is 4.79 Å². The van der Waals surface area contributed by atoms with E-state index < -0.39 is 0 Å². The van der Waals surface area contributed by atoms with Gasteiger partial charge in [-0.3, -0.25) is 4.79 Å². The Balaban J connectivity index is 1.76. The van der Waals surface area contributed by atoms with Gasteiger partial charge in [0, 0.05) is 30.6 Å². The number of methoxy groups -OCH3 is 1. The van der Waals surface area contributed by atoms with E-state index in [-0.39, 0.29) is 12.4 Å². The van der Waals surface area contributed by atoms with Crippen molar-refractivity contribution in [2.45, 2.75) is 20.4 Å². The second-order valence-corrected chi connectivity index (χ2v) is 5.84. The van der Waals surface area contributed by atoms with E-state index >= 15 is 0 Å². The van der Waals surface area contributed by atoms with Gasteiger partial charge in [-0.15, -0.1) is 0 Å². The van der Waals surface area contributed by atoms with Crippen molar-refractivity contribution < 1.29 is 14.3 Å². The molecule has 6 nitrogen and oxygen atoms in total. The number of fused-ring (bicyclic) bond motifs is 1. The van der Waals surface area contributed by atoms with Crippen molar-refractivity contribution in [1.82, 2.24) is 14.5 Å². The SMILES string of the molecule is COCCn1c(C)cc(C(=O)COc2ncnc3ccccc23)c1C. The summed E-state index contributed by atoms with van der Waals surface area (Å²) >= 11 is 0. The molecular formula is C19H21N3O3. The summed E-state index contributed by atoms with van der Waals surface area (Å²) in [7, 11) is 1.67. The zero-order valence-electron chi connectivity index (χ0n) is 14.7. The summed E-state index contributed by atoms with van der Waals surface area (Å²) in [4.78, 5) is 20.9. The summed E-state index contributed by atoms with van der Waals surface area (Å²) in [5.74, 6) is 0.353. The minimum Gasteiger partial charge on any atom is -0.469 e. The van der Waals surface area contributed by atoms with E-state index in [4.69, 9.17) is 9.47 Å². The molecule has 25 heavy (non-hydrogen) atoms. The van der Waals surface area contributed by atoms with E-state index in [0.29, 0.717) is 18.1 Å². The molecule has 3 aromatic rings. The second-order valence-electron chi connectivity index (χ2n) is 5.84. The lowest BCUT2D eigenvalue weighted by Crippen LogP contribution is -2.14. The molecule has 0 unspecified atom stereocenters. The normalized spacial score (nSPS) is 11.0. The number of benzene rings is 1. The van der Waals surface area contributed by atoms with E-state index in [1.165, 1.54) is 6.33 Å². The van der Waals surface area contributed by atoms with Gasteiger partial charge in [-0.2, -0.15) is 0 Å². The molecule has 6 heteroatoms. The highest BCUT2D eigenvalue weighted by atomic mass is 16.5. The van der Waals surface area contributed by atoms with Crippen molar-refractivity contribution in [3.8, 4) is 5.88 Å². The fourth-order valence-electron chi connectivity index (χ4n) is 2.92. The molecule has 0 amide bonds. The van der Waals surface area contributed by atoms with Crippen LogP contribution in [0, 0.1) is 13.8 Å². The molecule has 0 saturated carbocycles. The Bertz CT molecular complexity index is 897. The van der Waals surface area contributed by atoms with Crippen LogP contribution in [-0.2, 0) is 11.3 Å². The Morgan fingerprint density at radius 1 is 1.20 bits per heavy atom. The summed E-state index contributed by atoms with van der Waals surface area (Å²) in [5.41, 5.74) is 3.42. The van der Waals surface area contributed by atoms with Gasteiger partial charge in [0.2, 0.25) is 11.7 Å². The molecule has 0 spiro atoms. The molecule has 0 bridgehead atoms. The summed E-state index contributed by atoms with van der Waals surface area (Å²) in [6.07, 6.45) is 1.44. The standard InChI is InChI=1S/C19H21N3O3/c1-13-10-16(14(2)22(13)8-9-24-3)18(23)11-25-19-15-6-4-5-7-17(15)20-12-21-19/h4-7,10,12H,8-9,11H2,1-3H3. The van der Waals surface area contributed by atoms with Crippen molar-refractivity contribution in [3.63, 3.8) is 0 Å². The highest BCUT2D eigenvalue weighted by molar-refractivity contribution is 5.98. The lowest BCUT2D eigenvalue weighted by atomic mass is 10.1. The predicted octanol–water partition coefficient (Wildman–Crippen LogP) is 2.96. The minimum absolute atomic E-state index is 0.0599. The fraction of sp³-hybridized carbons (Fsp3) is 0.316. The van der Waals surface area contributed by atoms with Gasteiger partial charge >= 0.3 is 0 Å². The molecule has 0 aliphatic rings. The van der Waals surface area contributed by atoms with E-state index in [1.54, 1.807) is 7.11 Å². The quantitative estimate of drug-likeness (QED) is 0.619. The number of para-hydroxylation sites is 1. The number of aromatic nitrogens is 3. The van der Waals surface area contributed by atoms with Crippen LogP contribution in [0.25, 0.3) is 10.9 Å². The van der Waals surface area contributed by atoms with Gasteiger partial charge in [0.15, 0.2) is 6.61 Å². The molecule has 3 rings (SSSR count). The lowest BCUT2D eigenvalue weighted by molar-refractivity contribution is 0.0918. The van der Waals surface area contributed by atoms with Crippen LogP contribution in [0.4, 0.5) is 0 Å². The van der Waals surface area contributed by atoms with Gasteiger partial charge in [0.1, 0.15) is 6.33 Å². The van der Waals surface area contributed by atoms with Gasteiger partial charge in [-0.05, 0) is 32.0 Å². The van der Waals surface area contributed by atoms with Gasteiger partial charge in [0.05, 0.1) is 17.5 Å². The summed E-state index contributed by atoms with van der Waals surface area (Å²) in [6, 6.07) is 9.46. The topological polar surface area (TPSA) is 66.2 Å². The molecule has 0 radical (unpaired) electrons. The summed E-state index contributed by atoms with van der Waals surface area (Å²) in [6.45, 7) is 5.19. The Hall–Kier alpha value is -2.73. The van der Waals surface area contributed by atoms with Crippen LogP contribution >= 0.6 is 0 Å². The number of ether oxygens (including phenoxy) is 2. The van der Waals surface area contributed by atoms with Crippen LogP contribution in [0.5, 0.6) is 5.88 Å². The van der Waals surface area contributed by atoms with Crippen LogP contribution in [-0.4, -0.2) is 40.6 Å². The first kappa shape index (κ1) is 17.1. The van der Waals surface area contributed by atoms with Crippen LogP contribution in [0.3, 0.4) is 0 Å². The number of Topliss-reactive ketones (excluding diaryl/α,β-unsaturated/α-hetero) is 1. The average molecular weight is 339 g/mol. The Kier molecular flexibility index (Phi) is 5.09. The number of aryl methyl sites for hydroxylation is 1. The fourth-order valence-corrected chi connectivity index (χ4v) is 2.92. The van der Waals surface area contributed by atoms with Gasteiger partial charge in [-0.25, -0.2) is 9.97 Å². The predicted molar refractivity (Wildman–Crippen MR) is 95.1 cm³/mol. The number of hydrogen-bond donors (Lipinski definition) is 0. The van der Waals surface area contributed by atoms with E-state index in [0.717, 1.165) is 28.8 Å². The Morgan fingerprint density at radius 3 is 2.80 bits per heavy atom. The monoisotopic (exact) mass is 339 g/mol. The van der Waals surface area contributed by atoms with Crippen molar-refractivity contribution in [1.29, 1.82) is 0 Å². The zero-order chi connectivity index (χ0) is 17.8. The first-order chi connectivity index (χ1) is 12.1. The molecule has 0 saturated heterocycles. The molecule has 0 N–H and O–H groups in total. The molecule has 0 atom stereocenters. The summed E-state index contributed by atoms with van der Waals surface area (Å²) < 4.78 is 12.9. The lowest BCUT2D eigenvalue weighted by Gasteiger charge is -2.09. The Labute approximate surface area is 146 Å². The largest absolute Gasteiger partial charge is 0.469 e. The number of carbonyl (C=O) groups excluding carboxylic acids is 1. The maximum atomic E-state index is 12.6. The summed E-state index contributed by atoms with van der Waals surface area (Å²) in [5, 5.41) is 0.795. The molecule has 2 aromatic heterocycles. The highest BCUT2D eigenvalue weighted by Crippen LogP contribution is 2.21. The van der Waals surface area contributed by atoms with Gasteiger partial charge < -0.3 is 14.0 Å². The smallest absolute Gasteiger partial charge is 0.224 e. The average Bonchev–Trinajstić information content (AvgIpc) is 2.92. The molecule has 0 aliphatic heterocycles. The maximum absolute atomic E-state index is 12.6. The second kappa shape index (κ2) is 7.44. The zero-order valence-corrected chi connectivity index (χ0v) is 14.7. The molecule has 130 valence electrons. The minimum atomic E-state index is -0.0699. The molecular weight excluding hydrogens is 318 g/mol. The van der Waals surface area contributed by atoms with Crippen molar-refractivity contribution >= 4 is 16.7 Å². The van der Waals surface area contributed by atoms with Crippen molar-refractivity contribution in [2.75, 3.05) is 20.3 Å². The molecule has 0 fully saturated rings. The third-order valence-corrected chi connectivity index (χ3v) is 4.24. The number of nitrogens with zero attached hydrogens (tertiary/aromatic N) is 3. The van der Waals surface area contributed by atoms with Gasteiger partial charge in [0.25, 0.3) is 0 Å². The highest BCUT2D eigenvalue weighted by Gasteiger charge is 2.17. The van der Waals surface area contributed by atoms with Crippen molar-refractivity contribution in [2.24, 2.45) is 0 Å².